The van der Waals surface area contributed by atoms with Crippen molar-refractivity contribution < 1.29 is 9.59 Å². The number of nitrogens with one attached hydrogen (secondary N) is 1. The first-order valence-electron chi connectivity index (χ1n) is 11.9. The highest BCUT2D eigenvalue weighted by Crippen LogP contribution is 2.33. The van der Waals surface area contributed by atoms with Gasteiger partial charge >= 0.3 is 6.03 Å². The lowest BCUT2D eigenvalue weighted by Crippen LogP contribution is -2.40. The summed E-state index contributed by atoms with van der Waals surface area (Å²) in [5, 5.41) is 4.16. The summed E-state index contributed by atoms with van der Waals surface area (Å²) in [5.74, 6) is 0.458. The molecule has 0 saturated carbocycles. The molecule has 7 heteroatoms. The van der Waals surface area contributed by atoms with Crippen molar-refractivity contribution in [1.29, 1.82) is 0 Å². The number of urea groups is 1. The first-order valence-corrected chi connectivity index (χ1v) is 12.7. The number of para-hydroxylation sites is 1. The quantitative estimate of drug-likeness (QED) is 0.468. The average Bonchev–Trinajstić information content (AvgIpc) is 3.28. The molecule has 1 N–H and O–H groups in total. The molecule has 0 atom stereocenters. The number of likely N-dealkylation sites (tertiary alicyclic amines) is 1. The first-order chi connectivity index (χ1) is 16.1. The highest BCUT2D eigenvalue weighted by Gasteiger charge is 2.26. The number of anilines is 1. The normalized spacial score (nSPS) is 14.4. The number of rotatable bonds is 7. The van der Waals surface area contributed by atoms with Gasteiger partial charge in [0.15, 0.2) is 0 Å². The van der Waals surface area contributed by atoms with Gasteiger partial charge in [-0.05, 0) is 62.1 Å². The summed E-state index contributed by atoms with van der Waals surface area (Å²) in [6.07, 6.45) is 3.72. The van der Waals surface area contributed by atoms with Gasteiger partial charge in [0.1, 0.15) is 0 Å². The number of piperidine rings is 1. The van der Waals surface area contributed by atoms with Gasteiger partial charge in [-0.1, -0.05) is 26.0 Å². The van der Waals surface area contributed by atoms with Crippen LogP contribution in [0.15, 0.2) is 48.5 Å². The molecule has 2 heterocycles. The van der Waals surface area contributed by atoms with Crippen LogP contribution in [0, 0.1) is 0 Å². The first kappa shape index (κ1) is 23.2. The van der Waals surface area contributed by atoms with E-state index < -0.39 is 0 Å². The molecule has 0 spiro atoms. The topological polar surface area (TPSA) is 65.5 Å². The van der Waals surface area contributed by atoms with Gasteiger partial charge in [-0.2, -0.15) is 0 Å². The molecule has 6 nitrogen and oxygen atoms in total. The fraction of sp³-hybridized carbons (Fsp3) is 0.423. The lowest BCUT2D eigenvalue weighted by Gasteiger charge is -2.31. The van der Waals surface area contributed by atoms with E-state index in [9.17, 15) is 9.59 Å². The predicted molar refractivity (Wildman–Crippen MR) is 135 cm³/mol. The Morgan fingerprint density at radius 3 is 2.33 bits per heavy atom. The van der Waals surface area contributed by atoms with E-state index in [2.05, 4.69) is 31.3 Å². The molecule has 3 aromatic rings. The largest absolute Gasteiger partial charge is 0.339 e. The van der Waals surface area contributed by atoms with Crippen molar-refractivity contribution in [2.24, 2.45) is 0 Å². The number of benzene rings is 2. The van der Waals surface area contributed by atoms with Crippen LogP contribution >= 0.6 is 11.3 Å². The zero-order valence-electron chi connectivity index (χ0n) is 19.4. The minimum Gasteiger partial charge on any atom is -0.339 e. The Bertz CT molecular complexity index is 1050. The maximum Gasteiger partial charge on any atom is 0.321 e. The number of hydrogen-bond donors (Lipinski definition) is 1. The van der Waals surface area contributed by atoms with Crippen LogP contribution in [0.3, 0.4) is 0 Å². The van der Waals surface area contributed by atoms with Gasteiger partial charge in [0.2, 0.25) is 0 Å². The lowest BCUT2D eigenvalue weighted by atomic mass is 9.98. The van der Waals surface area contributed by atoms with Gasteiger partial charge in [-0.15, -0.1) is 11.3 Å². The molecule has 1 aromatic heterocycles. The summed E-state index contributed by atoms with van der Waals surface area (Å²) in [4.78, 5) is 34.1. The minimum atomic E-state index is -0.0876. The number of hydrogen-bond acceptors (Lipinski definition) is 4. The Kier molecular flexibility index (Phi) is 7.60. The van der Waals surface area contributed by atoms with E-state index in [0.717, 1.165) is 44.3 Å². The summed E-state index contributed by atoms with van der Waals surface area (Å²) in [7, 11) is 0. The van der Waals surface area contributed by atoms with E-state index in [1.807, 2.05) is 34.1 Å². The molecule has 1 aliphatic heterocycles. The van der Waals surface area contributed by atoms with Crippen LogP contribution in [0.1, 0.15) is 60.8 Å². The monoisotopic (exact) mass is 464 g/mol. The Hall–Kier alpha value is -2.93. The zero-order valence-corrected chi connectivity index (χ0v) is 20.2. The SMILES string of the molecule is CCCN(CCC)C(=O)c1ccc(NC(=O)N2CCC(c3nc4ccccc4s3)CC2)cc1. The van der Waals surface area contributed by atoms with Crippen molar-refractivity contribution in [3.63, 3.8) is 0 Å². The second kappa shape index (κ2) is 10.8. The van der Waals surface area contributed by atoms with E-state index in [1.165, 1.54) is 9.71 Å². The van der Waals surface area contributed by atoms with Crippen molar-refractivity contribution in [1.82, 2.24) is 14.8 Å². The van der Waals surface area contributed by atoms with Crippen molar-refractivity contribution in [2.75, 3.05) is 31.5 Å². The van der Waals surface area contributed by atoms with Crippen LogP contribution in [0.5, 0.6) is 0 Å². The van der Waals surface area contributed by atoms with Crippen LogP contribution in [-0.2, 0) is 0 Å². The molecule has 0 radical (unpaired) electrons. The van der Waals surface area contributed by atoms with E-state index in [0.29, 0.717) is 30.3 Å². The summed E-state index contributed by atoms with van der Waals surface area (Å²) in [5.41, 5.74) is 2.43. The third-order valence-corrected chi connectivity index (χ3v) is 7.30. The number of thiazole rings is 1. The van der Waals surface area contributed by atoms with Crippen LogP contribution in [-0.4, -0.2) is 52.9 Å². The van der Waals surface area contributed by atoms with Crippen molar-refractivity contribution in [2.45, 2.75) is 45.4 Å². The highest BCUT2D eigenvalue weighted by atomic mass is 32.1. The van der Waals surface area contributed by atoms with Crippen molar-refractivity contribution >= 4 is 39.2 Å². The molecule has 2 aromatic carbocycles. The summed E-state index contributed by atoms with van der Waals surface area (Å²) >= 11 is 1.77. The van der Waals surface area contributed by atoms with E-state index in [4.69, 9.17) is 4.98 Å². The molecule has 1 aliphatic rings. The Morgan fingerprint density at radius 1 is 1.03 bits per heavy atom. The maximum absolute atomic E-state index is 12.8. The zero-order chi connectivity index (χ0) is 23.2. The molecular weight excluding hydrogens is 432 g/mol. The lowest BCUT2D eigenvalue weighted by molar-refractivity contribution is 0.0755. The maximum atomic E-state index is 12.8. The number of amides is 3. The van der Waals surface area contributed by atoms with Crippen LogP contribution in [0.4, 0.5) is 10.5 Å². The third kappa shape index (κ3) is 5.53. The van der Waals surface area contributed by atoms with E-state index in [1.54, 1.807) is 23.5 Å². The highest BCUT2D eigenvalue weighted by molar-refractivity contribution is 7.18. The Balaban J connectivity index is 1.31. The molecule has 1 fully saturated rings. The summed E-state index contributed by atoms with van der Waals surface area (Å²) in [6.45, 7) is 7.11. The number of aromatic nitrogens is 1. The Morgan fingerprint density at radius 2 is 1.70 bits per heavy atom. The van der Waals surface area contributed by atoms with Crippen LogP contribution < -0.4 is 5.32 Å². The van der Waals surface area contributed by atoms with E-state index in [-0.39, 0.29) is 11.9 Å². The second-order valence-electron chi connectivity index (χ2n) is 8.58. The molecule has 4 rings (SSSR count). The molecule has 0 bridgehead atoms. The van der Waals surface area contributed by atoms with Gasteiger partial charge in [0, 0.05) is 43.3 Å². The second-order valence-corrected chi connectivity index (χ2v) is 9.64. The predicted octanol–water partition coefficient (Wildman–Crippen LogP) is 5.97. The van der Waals surface area contributed by atoms with Gasteiger partial charge < -0.3 is 15.1 Å². The fourth-order valence-electron chi connectivity index (χ4n) is 4.33. The van der Waals surface area contributed by atoms with E-state index >= 15 is 0 Å². The minimum absolute atomic E-state index is 0.0495. The Labute approximate surface area is 199 Å². The standard InChI is InChI=1S/C26H32N4O2S/c1-3-15-29(16-4-2)25(31)20-9-11-21(12-10-20)27-26(32)30-17-13-19(14-18-30)24-28-22-7-5-6-8-23(22)33-24/h5-12,19H,3-4,13-18H2,1-2H3,(H,27,32). The molecule has 174 valence electrons. The molecule has 3 amide bonds. The van der Waals surface area contributed by atoms with Crippen molar-refractivity contribution in [3.05, 3.63) is 59.1 Å². The fourth-order valence-corrected chi connectivity index (χ4v) is 5.47. The van der Waals surface area contributed by atoms with Crippen molar-refractivity contribution in [3.8, 4) is 0 Å². The molecule has 0 aliphatic carbocycles. The van der Waals surface area contributed by atoms with Gasteiger partial charge in [-0.3, -0.25) is 4.79 Å². The number of fused-ring (bicyclic) bond motifs is 1. The van der Waals surface area contributed by atoms with Gasteiger partial charge in [-0.25, -0.2) is 9.78 Å². The van der Waals surface area contributed by atoms with Crippen LogP contribution in [0.2, 0.25) is 0 Å². The van der Waals surface area contributed by atoms with Gasteiger partial charge in [0.05, 0.1) is 15.2 Å². The third-order valence-electron chi connectivity index (χ3n) is 6.10. The summed E-state index contributed by atoms with van der Waals surface area (Å²) in [6, 6.07) is 15.4. The number of nitrogens with zero attached hydrogens (tertiary/aromatic N) is 3. The smallest absolute Gasteiger partial charge is 0.321 e. The molecule has 0 unspecified atom stereocenters. The van der Waals surface area contributed by atoms with Gasteiger partial charge in [0.25, 0.3) is 5.91 Å². The van der Waals surface area contributed by atoms with Crippen LogP contribution in [0.25, 0.3) is 10.2 Å². The summed E-state index contributed by atoms with van der Waals surface area (Å²) < 4.78 is 1.22. The molecular formula is C26H32N4O2S. The number of carbonyl (C=O) groups excluding carboxylic acids is 2. The number of carbonyl (C=O) groups is 2. The average molecular weight is 465 g/mol. The molecule has 1 saturated heterocycles. The molecule has 33 heavy (non-hydrogen) atoms.